The Morgan fingerprint density at radius 2 is 2.03 bits per heavy atom. The van der Waals surface area contributed by atoms with Gasteiger partial charge in [-0.15, -0.1) is 34.4 Å². The first-order valence-electron chi connectivity index (χ1n) is 8.95. The number of thiazole rings is 1. The van der Waals surface area contributed by atoms with Crippen LogP contribution in [0.25, 0.3) is 11.3 Å². The summed E-state index contributed by atoms with van der Waals surface area (Å²) in [5.74, 6) is 0.220. The van der Waals surface area contributed by atoms with E-state index in [1.165, 1.54) is 29.0 Å². The van der Waals surface area contributed by atoms with Crippen LogP contribution in [0.1, 0.15) is 20.8 Å². The van der Waals surface area contributed by atoms with Gasteiger partial charge in [-0.3, -0.25) is 5.32 Å². The number of anilines is 2. The first-order valence-corrected chi connectivity index (χ1v) is 11.9. The largest absolute Gasteiger partial charge is 0.508 e. The summed E-state index contributed by atoms with van der Waals surface area (Å²) < 4.78 is 6.27. The van der Waals surface area contributed by atoms with Gasteiger partial charge in [0.15, 0.2) is 5.13 Å². The topological polar surface area (TPSA) is 95.8 Å². The molecule has 30 heavy (non-hydrogen) atoms. The van der Waals surface area contributed by atoms with Crippen molar-refractivity contribution in [2.75, 3.05) is 11.6 Å². The van der Waals surface area contributed by atoms with Gasteiger partial charge in [-0.05, 0) is 57.4 Å². The van der Waals surface area contributed by atoms with Gasteiger partial charge in [-0.25, -0.2) is 14.8 Å². The van der Waals surface area contributed by atoms with E-state index in [0.717, 1.165) is 31.3 Å². The highest BCUT2D eigenvalue weighted by Crippen LogP contribution is 2.42. The molecule has 0 aliphatic heterocycles. The van der Waals surface area contributed by atoms with Gasteiger partial charge in [0.25, 0.3) is 0 Å². The number of ether oxygens (including phenoxy) is 1. The summed E-state index contributed by atoms with van der Waals surface area (Å²) in [5, 5.41) is 18.6. The van der Waals surface area contributed by atoms with Crippen LogP contribution in [0.4, 0.5) is 20.6 Å². The van der Waals surface area contributed by atoms with Gasteiger partial charge in [0.05, 0.1) is 16.2 Å². The van der Waals surface area contributed by atoms with Gasteiger partial charge in [-0.1, -0.05) is 0 Å². The molecular weight excluding hydrogens is 440 g/mol. The molecule has 3 N–H and O–H groups in total. The van der Waals surface area contributed by atoms with Gasteiger partial charge in [0.1, 0.15) is 16.4 Å². The van der Waals surface area contributed by atoms with Crippen molar-refractivity contribution in [2.45, 2.75) is 30.6 Å². The second kappa shape index (κ2) is 9.50. The van der Waals surface area contributed by atoms with E-state index in [0.29, 0.717) is 0 Å². The van der Waals surface area contributed by atoms with Gasteiger partial charge < -0.3 is 15.2 Å². The van der Waals surface area contributed by atoms with Crippen LogP contribution >= 0.6 is 34.4 Å². The molecule has 2 heterocycles. The number of nitrogens with one attached hydrogen (secondary N) is 2. The Kier molecular flexibility index (Phi) is 7.01. The molecule has 3 aromatic rings. The number of aromatic hydroxyl groups is 1. The fourth-order valence-corrected chi connectivity index (χ4v) is 4.78. The van der Waals surface area contributed by atoms with E-state index >= 15 is 0 Å². The smallest absolute Gasteiger partial charge is 0.412 e. The molecule has 1 amide bonds. The number of rotatable bonds is 6. The maximum absolute atomic E-state index is 11.7. The Morgan fingerprint density at radius 3 is 2.70 bits per heavy atom. The van der Waals surface area contributed by atoms with E-state index < -0.39 is 11.7 Å². The lowest BCUT2D eigenvalue weighted by molar-refractivity contribution is 0.0565. The number of nitrogens with zero attached hydrogens (tertiary/aromatic N) is 2. The molecule has 2 aromatic heterocycles. The molecule has 0 saturated heterocycles. The summed E-state index contributed by atoms with van der Waals surface area (Å²) >= 11 is 4.64. The lowest BCUT2D eigenvalue weighted by Crippen LogP contribution is -2.31. The highest BCUT2D eigenvalue weighted by Gasteiger charge is 2.16. The van der Waals surface area contributed by atoms with Crippen molar-refractivity contribution >= 4 is 62.7 Å². The van der Waals surface area contributed by atoms with Gasteiger partial charge >= 0.3 is 6.09 Å². The van der Waals surface area contributed by atoms with E-state index in [4.69, 9.17) is 4.74 Å². The average Bonchev–Trinajstić information content (AvgIpc) is 3.28. The van der Waals surface area contributed by atoms with E-state index in [2.05, 4.69) is 20.6 Å². The van der Waals surface area contributed by atoms with Crippen molar-refractivity contribution in [2.24, 2.45) is 4.99 Å². The Morgan fingerprint density at radius 1 is 1.30 bits per heavy atom. The van der Waals surface area contributed by atoms with E-state index in [1.807, 2.05) is 17.7 Å². The molecule has 0 bridgehead atoms. The van der Waals surface area contributed by atoms with E-state index in [-0.39, 0.29) is 5.75 Å². The number of aromatic nitrogens is 1. The Bertz CT molecular complexity index is 1040. The van der Waals surface area contributed by atoms with Gasteiger partial charge in [0.2, 0.25) is 0 Å². The number of amides is 1. The summed E-state index contributed by atoms with van der Waals surface area (Å²) in [5.41, 5.74) is 2.13. The van der Waals surface area contributed by atoms with Crippen LogP contribution < -0.4 is 10.6 Å². The molecule has 0 fully saturated rings. The molecule has 158 valence electrons. The number of thioether (sulfide) groups is 1. The van der Waals surface area contributed by atoms with Crippen LogP contribution in [0, 0.1) is 0 Å². The first kappa shape index (κ1) is 22.1. The summed E-state index contributed by atoms with van der Waals surface area (Å²) in [4.78, 5) is 20.7. The van der Waals surface area contributed by atoms with Crippen molar-refractivity contribution in [3.63, 3.8) is 0 Å². The number of alkyl carbamates (subject to hydrolysis) is 1. The molecule has 0 saturated carbocycles. The summed E-state index contributed by atoms with van der Waals surface area (Å²) in [6, 6.07) is 8.77. The number of carbonyl (C=O) groups excluding carboxylic acids is 1. The predicted octanol–water partition coefficient (Wildman–Crippen LogP) is 6.23. The normalized spacial score (nSPS) is 11.6. The molecular formula is C20H22N4O3S3. The maximum atomic E-state index is 11.7. The van der Waals surface area contributed by atoms with Crippen LogP contribution in [-0.2, 0) is 4.74 Å². The van der Waals surface area contributed by atoms with Crippen LogP contribution in [0.5, 0.6) is 5.75 Å². The zero-order chi connectivity index (χ0) is 21.7. The molecule has 0 aliphatic rings. The predicted molar refractivity (Wildman–Crippen MR) is 126 cm³/mol. The van der Waals surface area contributed by atoms with Crippen LogP contribution in [-0.4, -0.2) is 34.4 Å². The fraction of sp³-hybridized carbons (Fsp3) is 0.250. The lowest BCUT2D eigenvalue weighted by Gasteiger charge is -2.18. The molecule has 0 radical (unpaired) electrons. The van der Waals surface area contributed by atoms with Crippen LogP contribution in [0.2, 0.25) is 0 Å². The number of hydrogen-bond donors (Lipinski definition) is 3. The maximum Gasteiger partial charge on any atom is 0.412 e. The molecule has 7 nitrogen and oxygen atoms in total. The zero-order valence-electron chi connectivity index (χ0n) is 16.9. The number of hydrogen-bond acceptors (Lipinski definition) is 9. The minimum Gasteiger partial charge on any atom is -0.508 e. The summed E-state index contributed by atoms with van der Waals surface area (Å²) in [6.45, 7) is 5.41. The van der Waals surface area contributed by atoms with E-state index in [9.17, 15) is 9.90 Å². The second-order valence-corrected chi connectivity index (χ2v) is 10.1. The van der Waals surface area contributed by atoms with Crippen molar-refractivity contribution < 1.29 is 14.6 Å². The van der Waals surface area contributed by atoms with Crippen LogP contribution in [0.3, 0.4) is 0 Å². The third-order valence-corrected chi connectivity index (χ3v) is 6.48. The third kappa shape index (κ3) is 6.22. The molecule has 0 spiro atoms. The minimum atomic E-state index is -0.559. The first-order chi connectivity index (χ1) is 14.2. The summed E-state index contributed by atoms with van der Waals surface area (Å²) in [7, 11) is 0. The fourth-order valence-electron chi connectivity index (χ4n) is 2.33. The Balaban J connectivity index is 1.70. The number of aliphatic imine (C=N–C) groups is 1. The van der Waals surface area contributed by atoms with Crippen molar-refractivity contribution in [1.29, 1.82) is 0 Å². The molecule has 0 unspecified atom stereocenters. The van der Waals surface area contributed by atoms with Gasteiger partial charge in [0, 0.05) is 16.6 Å². The molecule has 10 heteroatoms. The molecule has 3 rings (SSSR count). The van der Waals surface area contributed by atoms with Crippen molar-refractivity contribution in [3.8, 4) is 17.0 Å². The highest BCUT2D eigenvalue weighted by atomic mass is 32.2. The minimum absolute atomic E-state index is 0.220. The monoisotopic (exact) mass is 462 g/mol. The number of carbonyl (C=O) groups is 1. The quantitative estimate of drug-likeness (QED) is 0.174. The van der Waals surface area contributed by atoms with Crippen molar-refractivity contribution in [1.82, 2.24) is 10.3 Å². The second-order valence-electron chi connectivity index (χ2n) is 7.10. The molecule has 0 atom stereocenters. The zero-order valence-corrected chi connectivity index (χ0v) is 19.4. The number of thiophene rings is 1. The number of phenolic OH excluding ortho intramolecular Hbond substituents is 1. The van der Waals surface area contributed by atoms with Gasteiger partial charge in [-0.2, -0.15) is 0 Å². The van der Waals surface area contributed by atoms with E-state index in [1.54, 1.807) is 56.8 Å². The Hall–Kier alpha value is -2.56. The third-order valence-electron chi connectivity index (χ3n) is 3.54. The number of phenols is 1. The number of benzene rings is 1. The van der Waals surface area contributed by atoms with Crippen molar-refractivity contribution in [3.05, 3.63) is 35.7 Å². The lowest BCUT2D eigenvalue weighted by atomic mass is 10.2. The highest BCUT2D eigenvalue weighted by molar-refractivity contribution is 8.00. The summed E-state index contributed by atoms with van der Waals surface area (Å²) in [6.07, 6.45) is 2.80. The standard InChI is InChI=1S/C20H22N4O3S3/c1-20(2,3)27-19(26)22-11-21-16-9-14(17(28-4)30-16)15-10-29-18(24-15)23-12-5-7-13(25)8-6-12/h5-11,25H,1-4H3,(H,23,24)(H,21,22,26). The Labute approximate surface area is 187 Å². The molecule has 0 aliphatic carbocycles. The molecule has 1 aromatic carbocycles. The van der Waals surface area contributed by atoms with Crippen LogP contribution in [0.15, 0.2) is 44.9 Å². The average molecular weight is 463 g/mol. The SMILES string of the molecule is CSc1sc(N=CNC(=O)OC(C)(C)C)cc1-c1csc(Nc2ccc(O)cc2)n1.